The van der Waals surface area contributed by atoms with Gasteiger partial charge in [-0.05, 0) is 31.2 Å². The number of aromatic nitrogens is 1. The number of nitro benzene ring substituents is 1. The highest BCUT2D eigenvalue weighted by atomic mass is 127. The second-order valence-corrected chi connectivity index (χ2v) is 6.38. The Kier molecular flexibility index (Phi) is 10.5. The first-order chi connectivity index (χ1) is 13.4. The number of aryl methyl sites for hydroxylation is 1. The third-order valence-electron chi connectivity index (χ3n) is 4.09. The minimum atomic E-state index is -0.799. The fourth-order valence-electron chi connectivity index (χ4n) is 2.55. The van der Waals surface area contributed by atoms with E-state index in [1.54, 1.807) is 0 Å². The van der Waals surface area contributed by atoms with Gasteiger partial charge in [-0.3, -0.25) is 15.1 Å². The maximum absolute atomic E-state index is 10.7. The highest BCUT2D eigenvalue weighted by Crippen LogP contribution is 2.17. The van der Waals surface area contributed by atoms with E-state index in [1.165, 1.54) is 24.3 Å². The predicted molar refractivity (Wildman–Crippen MR) is 123 cm³/mol. The number of aliphatic hydroxyl groups is 1. The molecular weight excluding hydrogens is 489 g/mol. The molecule has 0 amide bonds. The zero-order valence-electron chi connectivity index (χ0n) is 16.8. The second-order valence-electron chi connectivity index (χ2n) is 6.38. The fraction of sp³-hybridized carbons (Fsp3) is 0.421. The number of halogens is 1. The van der Waals surface area contributed by atoms with Crippen LogP contribution in [0.15, 0.2) is 47.6 Å². The molecule has 1 aromatic heterocycles. The maximum atomic E-state index is 10.7. The largest absolute Gasteiger partial charge is 0.491 e. The number of nitro groups is 1. The summed E-state index contributed by atoms with van der Waals surface area (Å²) in [6.45, 7) is 3.60. The van der Waals surface area contributed by atoms with Crippen molar-refractivity contribution in [1.29, 1.82) is 0 Å². The molecule has 1 atom stereocenters. The van der Waals surface area contributed by atoms with E-state index in [2.05, 4.69) is 10.3 Å². The van der Waals surface area contributed by atoms with Crippen molar-refractivity contribution in [1.82, 2.24) is 14.8 Å². The molecule has 1 heterocycles. The summed E-state index contributed by atoms with van der Waals surface area (Å²) < 4.78 is 7.53. The summed E-state index contributed by atoms with van der Waals surface area (Å²) >= 11 is 0. The Morgan fingerprint density at radius 1 is 1.38 bits per heavy atom. The lowest BCUT2D eigenvalue weighted by molar-refractivity contribution is -0.384. The van der Waals surface area contributed by atoms with Crippen LogP contribution in [0.4, 0.5) is 5.69 Å². The number of guanidine groups is 1. The monoisotopic (exact) mass is 517 g/mol. The SMILES string of the molecule is CCNC(=NCC(O)COc1ccc([N+](=O)[O-])cc1)N(C)Cc1cccn1C.I. The van der Waals surface area contributed by atoms with Gasteiger partial charge in [0.2, 0.25) is 0 Å². The van der Waals surface area contributed by atoms with Crippen molar-refractivity contribution in [2.75, 3.05) is 26.7 Å². The van der Waals surface area contributed by atoms with Crippen LogP contribution >= 0.6 is 24.0 Å². The quantitative estimate of drug-likeness (QED) is 0.174. The van der Waals surface area contributed by atoms with Gasteiger partial charge in [-0.2, -0.15) is 0 Å². The Balaban J connectivity index is 0.00000420. The molecule has 1 aromatic carbocycles. The topological polar surface area (TPSA) is 105 Å². The number of hydrogen-bond donors (Lipinski definition) is 2. The Labute approximate surface area is 187 Å². The minimum Gasteiger partial charge on any atom is -0.491 e. The molecule has 0 radical (unpaired) electrons. The molecule has 29 heavy (non-hydrogen) atoms. The average Bonchev–Trinajstić information content (AvgIpc) is 3.08. The van der Waals surface area contributed by atoms with Crippen LogP contribution in [0.2, 0.25) is 0 Å². The molecule has 2 aromatic rings. The number of nitrogens with one attached hydrogen (secondary N) is 1. The Hall–Kier alpha value is -2.34. The third kappa shape index (κ3) is 7.89. The summed E-state index contributed by atoms with van der Waals surface area (Å²) in [5, 5.41) is 24.0. The highest BCUT2D eigenvalue weighted by molar-refractivity contribution is 14.0. The third-order valence-corrected chi connectivity index (χ3v) is 4.09. The molecule has 0 saturated carbocycles. The van der Waals surface area contributed by atoms with Crippen LogP contribution in [0.1, 0.15) is 12.6 Å². The van der Waals surface area contributed by atoms with Crippen molar-refractivity contribution in [2.45, 2.75) is 19.6 Å². The van der Waals surface area contributed by atoms with Crippen molar-refractivity contribution in [3.05, 3.63) is 58.4 Å². The van der Waals surface area contributed by atoms with Crippen molar-refractivity contribution in [3.8, 4) is 5.75 Å². The van der Waals surface area contributed by atoms with Crippen LogP contribution in [-0.4, -0.2) is 58.3 Å². The number of rotatable bonds is 9. The van der Waals surface area contributed by atoms with Crippen LogP contribution in [0.5, 0.6) is 5.75 Å². The van der Waals surface area contributed by atoms with Gasteiger partial charge in [-0.25, -0.2) is 0 Å². The number of non-ortho nitro benzene ring substituents is 1. The number of benzene rings is 1. The van der Waals surface area contributed by atoms with E-state index in [1.807, 2.05) is 48.8 Å². The number of aliphatic imine (C=N–C) groups is 1. The van der Waals surface area contributed by atoms with Crippen molar-refractivity contribution >= 4 is 35.6 Å². The van der Waals surface area contributed by atoms with Crippen molar-refractivity contribution in [2.24, 2.45) is 12.0 Å². The van der Waals surface area contributed by atoms with E-state index >= 15 is 0 Å². The lowest BCUT2D eigenvalue weighted by Crippen LogP contribution is -2.39. The summed E-state index contributed by atoms with van der Waals surface area (Å²) in [4.78, 5) is 16.6. The second kappa shape index (κ2) is 12.3. The van der Waals surface area contributed by atoms with E-state index in [9.17, 15) is 15.2 Å². The molecule has 10 heteroatoms. The van der Waals surface area contributed by atoms with Gasteiger partial charge in [-0.15, -0.1) is 24.0 Å². The lowest BCUT2D eigenvalue weighted by atomic mass is 10.3. The standard InChI is InChI=1S/C19H27N5O4.HI/c1-4-20-19(23(3)13-16-6-5-11-22(16)2)21-12-17(25)14-28-18-9-7-15(8-10-18)24(26)27;/h5-11,17,25H,4,12-14H2,1-3H3,(H,20,21);1H. The zero-order valence-corrected chi connectivity index (χ0v) is 19.1. The van der Waals surface area contributed by atoms with E-state index < -0.39 is 11.0 Å². The maximum Gasteiger partial charge on any atom is 0.269 e. The van der Waals surface area contributed by atoms with Crippen LogP contribution < -0.4 is 10.1 Å². The van der Waals surface area contributed by atoms with Crippen molar-refractivity contribution < 1.29 is 14.8 Å². The molecule has 0 fully saturated rings. The first kappa shape index (κ1) is 24.7. The molecule has 0 spiro atoms. The fourth-order valence-corrected chi connectivity index (χ4v) is 2.55. The molecule has 0 aliphatic heterocycles. The molecule has 0 aliphatic carbocycles. The van der Waals surface area contributed by atoms with Gasteiger partial charge in [-0.1, -0.05) is 0 Å². The Morgan fingerprint density at radius 3 is 2.62 bits per heavy atom. The highest BCUT2D eigenvalue weighted by Gasteiger charge is 2.11. The zero-order chi connectivity index (χ0) is 20.5. The average molecular weight is 517 g/mol. The molecule has 0 bridgehead atoms. The molecule has 2 rings (SSSR count). The van der Waals surface area contributed by atoms with Crippen molar-refractivity contribution in [3.63, 3.8) is 0 Å². The molecule has 0 saturated heterocycles. The van der Waals surface area contributed by atoms with Crippen LogP contribution in [0.25, 0.3) is 0 Å². The summed E-state index contributed by atoms with van der Waals surface area (Å²) in [5.41, 5.74) is 1.14. The summed E-state index contributed by atoms with van der Waals surface area (Å²) in [6.07, 6.45) is 1.19. The van der Waals surface area contributed by atoms with Gasteiger partial charge in [0, 0.05) is 44.7 Å². The number of ether oxygens (including phenoxy) is 1. The Morgan fingerprint density at radius 2 is 2.07 bits per heavy atom. The Bertz CT molecular complexity index is 794. The molecular formula is C19H28IN5O4. The number of aliphatic hydroxyl groups excluding tert-OH is 1. The normalized spacial score (nSPS) is 12.1. The van der Waals surface area contributed by atoms with Crippen LogP contribution in [-0.2, 0) is 13.6 Å². The van der Waals surface area contributed by atoms with Crippen LogP contribution in [0, 0.1) is 10.1 Å². The molecule has 1 unspecified atom stereocenters. The van der Waals surface area contributed by atoms with E-state index in [-0.39, 0.29) is 42.8 Å². The van der Waals surface area contributed by atoms with Gasteiger partial charge < -0.3 is 24.6 Å². The molecule has 2 N–H and O–H groups in total. The van der Waals surface area contributed by atoms with E-state index in [0.29, 0.717) is 24.8 Å². The number of hydrogen-bond acceptors (Lipinski definition) is 5. The van der Waals surface area contributed by atoms with Gasteiger partial charge in [0.05, 0.1) is 18.0 Å². The first-order valence-electron chi connectivity index (χ1n) is 9.05. The number of nitrogens with zero attached hydrogens (tertiary/aromatic N) is 4. The van der Waals surface area contributed by atoms with E-state index in [0.717, 1.165) is 5.69 Å². The van der Waals surface area contributed by atoms with E-state index in [4.69, 9.17) is 4.74 Å². The van der Waals surface area contributed by atoms with Gasteiger partial charge in [0.15, 0.2) is 5.96 Å². The lowest BCUT2D eigenvalue weighted by Gasteiger charge is -2.23. The summed E-state index contributed by atoms with van der Waals surface area (Å²) in [6, 6.07) is 9.78. The minimum absolute atomic E-state index is 0. The predicted octanol–water partition coefficient (Wildman–Crippen LogP) is 2.39. The smallest absolute Gasteiger partial charge is 0.269 e. The molecule has 0 aliphatic rings. The van der Waals surface area contributed by atoms with Gasteiger partial charge >= 0.3 is 0 Å². The van der Waals surface area contributed by atoms with Gasteiger partial charge in [0.1, 0.15) is 18.5 Å². The summed E-state index contributed by atoms with van der Waals surface area (Å²) in [7, 11) is 3.93. The molecule has 160 valence electrons. The first-order valence-corrected chi connectivity index (χ1v) is 9.05. The summed E-state index contributed by atoms with van der Waals surface area (Å²) in [5.74, 6) is 1.15. The molecule has 9 nitrogen and oxygen atoms in total. The van der Waals surface area contributed by atoms with Crippen LogP contribution in [0.3, 0.4) is 0 Å². The van der Waals surface area contributed by atoms with Gasteiger partial charge in [0.25, 0.3) is 5.69 Å².